The molecule has 0 aromatic heterocycles. The molecule has 0 spiro atoms. The number of nitrogens with two attached hydrogens (primary N) is 1. The second kappa shape index (κ2) is 5.39. The number of rotatable bonds is 3. The summed E-state index contributed by atoms with van der Waals surface area (Å²) < 4.78 is 27.3. The summed E-state index contributed by atoms with van der Waals surface area (Å²) in [6, 6.07) is 1.76. The number of carbonyl (C=O) groups excluding carboxylic acids is 1. The Morgan fingerprint density at radius 2 is 2.00 bits per heavy atom. The summed E-state index contributed by atoms with van der Waals surface area (Å²) in [4.78, 5) is 13.2. The van der Waals surface area contributed by atoms with Gasteiger partial charge in [0.05, 0.1) is 11.0 Å². The van der Waals surface area contributed by atoms with Crippen LogP contribution in [0.15, 0.2) is 12.1 Å². The summed E-state index contributed by atoms with van der Waals surface area (Å²) in [6.45, 7) is 3.05. The lowest BCUT2D eigenvalue weighted by molar-refractivity contribution is 0.0769. The van der Waals surface area contributed by atoms with Crippen LogP contribution in [0.5, 0.6) is 0 Å². The van der Waals surface area contributed by atoms with Crippen molar-refractivity contribution in [1.29, 1.82) is 0 Å². The molecule has 6 heteroatoms. The van der Waals surface area contributed by atoms with Gasteiger partial charge in [0.25, 0.3) is 5.91 Å². The summed E-state index contributed by atoms with van der Waals surface area (Å²) in [7, 11) is 1.40. The zero-order chi connectivity index (χ0) is 14.0. The second-order valence-corrected chi connectivity index (χ2v) is 4.52. The van der Waals surface area contributed by atoms with Crippen LogP contribution in [0.25, 0.3) is 0 Å². The first kappa shape index (κ1) is 14.5. The normalized spacial score (nSPS) is 12.1. The van der Waals surface area contributed by atoms with E-state index in [0.717, 1.165) is 11.0 Å². The van der Waals surface area contributed by atoms with Gasteiger partial charge in [0.1, 0.15) is 17.2 Å². The van der Waals surface area contributed by atoms with E-state index in [0.29, 0.717) is 0 Å². The molecule has 0 aliphatic heterocycles. The maximum absolute atomic E-state index is 13.8. The van der Waals surface area contributed by atoms with Crippen molar-refractivity contribution in [2.75, 3.05) is 7.05 Å². The van der Waals surface area contributed by atoms with E-state index in [1.807, 2.05) is 0 Å². The molecule has 0 aliphatic carbocycles. The van der Waals surface area contributed by atoms with Gasteiger partial charge >= 0.3 is 0 Å². The van der Waals surface area contributed by atoms with Gasteiger partial charge in [-0.1, -0.05) is 18.3 Å². The predicted molar refractivity (Wildman–Crippen MR) is 69.4 cm³/mol. The van der Waals surface area contributed by atoms with Crippen LogP contribution < -0.4 is 5.73 Å². The molecule has 1 aromatic rings. The van der Waals surface area contributed by atoms with Crippen LogP contribution in [0.4, 0.5) is 8.78 Å². The van der Waals surface area contributed by atoms with Gasteiger partial charge in [-0.15, -0.1) is 0 Å². The highest BCUT2D eigenvalue weighted by Crippen LogP contribution is 2.18. The summed E-state index contributed by atoms with van der Waals surface area (Å²) in [6.07, 6.45) is 0. The highest BCUT2D eigenvalue weighted by molar-refractivity contribution is 7.80. The molecule has 1 atom stereocenters. The Bertz CT molecular complexity index is 505. The van der Waals surface area contributed by atoms with E-state index in [4.69, 9.17) is 18.0 Å². The van der Waals surface area contributed by atoms with Gasteiger partial charge < -0.3 is 10.6 Å². The minimum absolute atomic E-state index is 0.0827. The molecule has 1 unspecified atom stereocenters. The van der Waals surface area contributed by atoms with E-state index in [9.17, 15) is 13.6 Å². The predicted octanol–water partition coefficient (Wildman–Crippen LogP) is 2.02. The van der Waals surface area contributed by atoms with Crippen molar-refractivity contribution in [2.45, 2.75) is 19.9 Å². The van der Waals surface area contributed by atoms with E-state index in [2.05, 4.69) is 0 Å². The Hall–Kier alpha value is -1.56. The summed E-state index contributed by atoms with van der Waals surface area (Å²) in [5.41, 5.74) is 5.03. The molecule has 0 saturated carbocycles. The molecule has 1 amide bonds. The lowest BCUT2D eigenvalue weighted by Crippen LogP contribution is -2.43. The first-order chi connectivity index (χ1) is 8.27. The van der Waals surface area contributed by atoms with Crippen LogP contribution in [0.1, 0.15) is 22.8 Å². The van der Waals surface area contributed by atoms with Gasteiger partial charge in [-0.05, 0) is 25.5 Å². The topological polar surface area (TPSA) is 46.3 Å². The Morgan fingerprint density at radius 1 is 1.44 bits per heavy atom. The Balaban J connectivity index is 3.19. The largest absolute Gasteiger partial charge is 0.392 e. The quantitative estimate of drug-likeness (QED) is 0.856. The lowest BCUT2D eigenvalue weighted by Gasteiger charge is -2.24. The fourth-order valence-electron chi connectivity index (χ4n) is 1.40. The fourth-order valence-corrected chi connectivity index (χ4v) is 1.55. The molecule has 2 N–H and O–H groups in total. The molecule has 0 radical (unpaired) electrons. The average molecular weight is 272 g/mol. The van der Waals surface area contributed by atoms with E-state index >= 15 is 0 Å². The number of aryl methyl sites for hydroxylation is 1. The van der Waals surface area contributed by atoms with Crippen molar-refractivity contribution < 1.29 is 13.6 Å². The van der Waals surface area contributed by atoms with Gasteiger partial charge in [0.15, 0.2) is 0 Å². The molecule has 0 bridgehead atoms. The number of thiocarbonyl (C=S) groups is 1. The van der Waals surface area contributed by atoms with Crippen molar-refractivity contribution in [3.8, 4) is 0 Å². The summed E-state index contributed by atoms with van der Waals surface area (Å²) in [5.74, 6) is -2.54. The highest BCUT2D eigenvalue weighted by atomic mass is 32.1. The second-order valence-electron chi connectivity index (χ2n) is 4.05. The van der Waals surface area contributed by atoms with Crippen molar-refractivity contribution in [3.63, 3.8) is 0 Å². The Kier molecular flexibility index (Phi) is 4.34. The third kappa shape index (κ3) is 2.64. The SMILES string of the molecule is Cc1ccc(F)c(C(=O)N(C)C(C)C(N)=S)c1F. The van der Waals surface area contributed by atoms with Gasteiger partial charge in [-0.25, -0.2) is 8.78 Å². The maximum atomic E-state index is 13.8. The molecule has 0 fully saturated rings. The highest BCUT2D eigenvalue weighted by Gasteiger charge is 2.25. The van der Waals surface area contributed by atoms with Gasteiger partial charge in [0.2, 0.25) is 0 Å². The molecular weight excluding hydrogens is 258 g/mol. The van der Waals surface area contributed by atoms with Gasteiger partial charge in [0, 0.05) is 7.05 Å². The van der Waals surface area contributed by atoms with E-state index in [1.54, 1.807) is 6.92 Å². The van der Waals surface area contributed by atoms with Crippen LogP contribution >= 0.6 is 12.2 Å². The number of hydrogen-bond acceptors (Lipinski definition) is 2. The molecule has 1 aromatic carbocycles. The minimum Gasteiger partial charge on any atom is -0.392 e. The molecule has 0 saturated heterocycles. The monoisotopic (exact) mass is 272 g/mol. The van der Waals surface area contributed by atoms with Crippen LogP contribution in [0, 0.1) is 18.6 Å². The third-order valence-corrected chi connectivity index (χ3v) is 3.15. The number of hydrogen-bond donors (Lipinski definition) is 1. The molecular formula is C12H14F2N2OS. The molecule has 3 nitrogen and oxygen atoms in total. The number of amides is 1. The number of nitrogens with zero attached hydrogens (tertiary/aromatic N) is 1. The standard InChI is InChI=1S/C12H14F2N2OS/c1-6-4-5-8(13)9(10(6)14)12(17)16(3)7(2)11(15)18/h4-5,7H,1-3H3,(H2,15,18). The van der Waals surface area contributed by atoms with Crippen molar-refractivity contribution in [1.82, 2.24) is 4.90 Å². The van der Waals surface area contributed by atoms with E-state index in [1.165, 1.54) is 20.0 Å². The first-order valence-electron chi connectivity index (χ1n) is 5.28. The third-order valence-electron chi connectivity index (χ3n) is 2.81. The summed E-state index contributed by atoms with van der Waals surface area (Å²) in [5, 5.41) is 0. The first-order valence-corrected chi connectivity index (χ1v) is 5.69. The zero-order valence-electron chi connectivity index (χ0n) is 10.3. The minimum atomic E-state index is -0.898. The smallest absolute Gasteiger partial charge is 0.260 e. The Morgan fingerprint density at radius 3 is 2.50 bits per heavy atom. The number of benzene rings is 1. The zero-order valence-corrected chi connectivity index (χ0v) is 11.1. The van der Waals surface area contributed by atoms with E-state index in [-0.39, 0.29) is 10.6 Å². The lowest BCUT2D eigenvalue weighted by atomic mass is 10.1. The van der Waals surface area contributed by atoms with Crippen molar-refractivity contribution >= 4 is 23.1 Å². The average Bonchev–Trinajstić information content (AvgIpc) is 2.32. The van der Waals surface area contributed by atoms with Crippen molar-refractivity contribution in [2.24, 2.45) is 5.73 Å². The van der Waals surface area contributed by atoms with E-state index < -0.39 is 29.1 Å². The van der Waals surface area contributed by atoms with Crippen LogP contribution in [-0.2, 0) is 0 Å². The van der Waals surface area contributed by atoms with Crippen LogP contribution in [0.3, 0.4) is 0 Å². The molecule has 18 heavy (non-hydrogen) atoms. The van der Waals surface area contributed by atoms with Gasteiger partial charge in [-0.3, -0.25) is 4.79 Å². The number of carbonyl (C=O) groups is 1. The molecule has 1 rings (SSSR count). The number of likely N-dealkylation sites (N-methyl/N-ethyl adjacent to an activating group) is 1. The molecule has 98 valence electrons. The number of halogens is 2. The van der Waals surface area contributed by atoms with Crippen molar-refractivity contribution in [3.05, 3.63) is 34.9 Å². The van der Waals surface area contributed by atoms with Crippen LogP contribution in [-0.4, -0.2) is 28.9 Å². The Labute approximate surface area is 110 Å². The molecule has 0 aliphatic rings. The molecule has 0 heterocycles. The fraction of sp³-hybridized carbons (Fsp3) is 0.333. The maximum Gasteiger partial charge on any atom is 0.260 e. The van der Waals surface area contributed by atoms with Crippen LogP contribution in [0.2, 0.25) is 0 Å². The summed E-state index contributed by atoms with van der Waals surface area (Å²) >= 11 is 4.75. The van der Waals surface area contributed by atoms with Gasteiger partial charge in [-0.2, -0.15) is 0 Å².